The number of aromatic nitrogens is 1. The summed E-state index contributed by atoms with van der Waals surface area (Å²) >= 11 is 1.75. The fourth-order valence-electron chi connectivity index (χ4n) is 2.78. The third-order valence-corrected chi connectivity index (χ3v) is 4.53. The number of rotatable bonds is 4. The molecule has 2 heterocycles. The van der Waals surface area contributed by atoms with Gasteiger partial charge < -0.3 is 5.73 Å². The summed E-state index contributed by atoms with van der Waals surface area (Å²) in [7, 11) is 0. The minimum atomic E-state index is 0.441. The predicted molar refractivity (Wildman–Crippen MR) is 73.3 cm³/mol. The Morgan fingerprint density at radius 3 is 3.06 bits per heavy atom. The van der Waals surface area contributed by atoms with Gasteiger partial charge in [-0.1, -0.05) is 6.42 Å². The summed E-state index contributed by atoms with van der Waals surface area (Å²) < 4.78 is 0. The Bertz CT molecular complexity index is 348. The summed E-state index contributed by atoms with van der Waals surface area (Å²) in [5.41, 5.74) is 6.96. The highest BCUT2D eigenvalue weighted by atomic mass is 32.1. The first-order valence-corrected chi connectivity index (χ1v) is 7.48. The number of nitrogens with zero attached hydrogens (tertiary/aromatic N) is 2. The normalized spacial score (nSPS) is 23.8. The molecule has 1 aromatic heterocycles. The number of hydrogen-bond donors (Lipinski definition) is 1. The van der Waals surface area contributed by atoms with Crippen LogP contribution in [0.2, 0.25) is 0 Å². The maximum atomic E-state index is 5.72. The Hall–Kier alpha value is -0.450. The van der Waals surface area contributed by atoms with Crippen molar-refractivity contribution in [3.05, 3.63) is 16.1 Å². The van der Waals surface area contributed by atoms with Crippen molar-refractivity contribution in [1.29, 1.82) is 0 Å². The zero-order chi connectivity index (χ0) is 12.3. The number of nitrogens with two attached hydrogens (primary N) is 1. The molecule has 17 heavy (non-hydrogen) atoms. The molecule has 0 aromatic carbocycles. The monoisotopic (exact) mass is 253 g/mol. The van der Waals surface area contributed by atoms with Gasteiger partial charge in [0.2, 0.25) is 0 Å². The van der Waals surface area contributed by atoms with E-state index < -0.39 is 0 Å². The molecule has 0 amide bonds. The van der Waals surface area contributed by atoms with Crippen molar-refractivity contribution >= 4 is 11.3 Å². The van der Waals surface area contributed by atoms with Gasteiger partial charge in [0.05, 0.1) is 16.7 Å². The number of aryl methyl sites for hydroxylation is 1. The first-order chi connectivity index (χ1) is 8.22. The Labute approximate surface area is 108 Å². The van der Waals surface area contributed by atoms with E-state index in [1.165, 1.54) is 36.5 Å². The first-order valence-electron chi connectivity index (χ1n) is 6.60. The number of hydrogen-bond acceptors (Lipinski definition) is 4. The van der Waals surface area contributed by atoms with Gasteiger partial charge in [-0.3, -0.25) is 4.90 Å². The Balaban J connectivity index is 2.07. The Morgan fingerprint density at radius 2 is 2.41 bits per heavy atom. The Morgan fingerprint density at radius 1 is 1.59 bits per heavy atom. The molecule has 0 saturated carbocycles. The lowest BCUT2D eigenvalue weighted by atomic mass is 9.97. The quantitative estimate of drug-likeness (QED) is 0.897. The largest absolute Gasteiger partial charge is 0.330 e. The summed E-state index contributed by atoms with van der Waals surface area (Å²) in [6.07, 6.45) is 5.08. The number of thiazole rings is 1. The second-order valence-corrected chi connectivity index (χ2v) is 5.99. The van der Waals surface area contributed by atoms with E-state index in [-0.39, 0.29) is 0 Å². The van der Waals surface area contributed by atoms with Gasteiger partial charge in [0, 0.05) is 11.4 Å². The fraction of sp³-hybridized carbons (Fsp3) is 0.769. The first kappa shape index (κ1) is 13.0. The van der Waals surface area contributed by atoms with Crippen LogP contribution in [0.15, 0.2) is 5.38 Å². The molecule has 3 nitrogen and oxygen atoms in total. The molecule has 0 spiro atoms. The molecular weight excluding hydrogens is 230 g/mol. The van der Waals surface area contributed by atoms with Crippen LogP contribution in [0.5, 0.6) is 0 Å². The lowest BCUT2D eigenvalue weighted by Gasteiger charge is -2.39. The van der Waals surface area contributed by atoms with Crippen LogP contribution in [0.25, 0.3) is 0 Å². The molecule has 1 aliphatic rings. The summed E-state index contributed by atoms with van der Waals surface area (Å²) in [6, 6.07) is 1.10. The van der Waals surface area contributed by atoms with Crippen molar-refractivity contribution in [1.82, 2.24) is 9.88 Å². The third-order valence-electron chi connectivity index (χ3n) is 3.73. The lowest BCUT2D eigenvalue weighted by Crippen LogP contribution is -2.42. The van der Waals surface area contributed by atoms with Crippen molar-refractivity contribution in [2.75, 3.05) is 13.1 Å². The SMILES string of the molecule is Cc1nc(C(C)N2CCCCC2CCN)cs1. The molecule has 2 atom stereocenters. The molecule has 0 bridgehead atoms. The van der Waals surface area contributed by atoms with Crippen LogP contribution < -0.4 is 5.73 Å². The highest BCUT2D eigenvalue weighted by Crippen LogP contribution is 2.30. The molecule has 96 valence electrons. The standard InChI is InChI=1S/C13H23N3S/c1-10(13-9-17-11(2)15-13)16-8-4-3-5-12(16)6-7-14/h9-10,12H,3-8,14H2,1-2H3. The zero-order valence-corrected chi connectivity index (χ0v) is 11.7. The van der Waals surface area contributed by atoms with Gasteiger partial charge in [0.25, 0.3) is 0 Å². The molecule has 1 aromatic rings. The molecule has 1 aliphatic heterocycles. The van der Waals surface area contributed by atoms with Crippen LogP contribution >= 0.6 is 11.3 Å². The highest BCUT2D eigenvalue weighted by Gasteiger charge is 2.27. The summed E-state index contributed by atoms with van der Waals surface area (Å²) in [5.74, 6) is 0. The van der Waals surface area contributed by atoms with Gasteiger partial charge in [0.15, 0.2) is 0 Å². The number of piperidine rings is 1. The van der Waals surface area contributed by atoms with Crippen molar-refractivity contribution in [2.45, 2.75) is 51.6 Å². The van der Waals surface area contributed by atoms with Crippen LogP contribution in [-0.4, -0.2) is 29.0 Å². The summed E-state index contributed by atoms with van der Waals surface area (Å²) in [4.78, 5) is 7.23. The second-order valence-electron chi connectivity index (χ2n) is 4.93. The van der Waals surface area contributed by atoms with E-state index >= 15 is 0 Å². The van der Waals surface area contributed by atoms with E-state index in [1.807, 2.05) is 0 Å². The van der Waals surface area contributed by atoms with Crippen LogP contribution in [-0.2, 0) is 0 Å². The van der Waals surface area contributed by atoms with Crippen LogP contribution in [0.1, 0.15) is 49.4 Å². The molecule has 0 radical (unpaired) electrons. The van der Waals surface area contributed by atoms with E-state index in [2.05, 4.69) is 29.1 Å². The molecular formula is C13H23N3S. The van der Waals surface area contributed by atoms with Gasteiger partial charge in [-0.25, -0.2) is 4.98 Å². The molecule has 1 fully saturated rings. The van der Waals surface area contributed by atoms with Crippen molar-refractivity contribution in [3.63, 3.8) is 0 Å². The summed E-state index contributed by atoms with van der Waals surface area (Å²) in [6.45, 7) is 6.35. The summed E-state index contributed by atoms with van der Waals surface area (Å²) in [5, 5.41) is 3.37. The molecule has 2 unspecified atom stereocenters. The molecule has 4 heteroatoms. The third kappa shape index (κ3) is 3.06. The van der Waals surface area contributed by atoms with Crippen molar-refractivity contribution in [3.8, 4) is 0 Å². The average molecular weight is 253 g/mol. The maximum absolute atomic E-state index is 5.72. The maximum Gasteiger partial charge on any atom is 0.0898 e. The predicted octanol–water partition coefficient (Wildman–Crippen LogP) is 2.72. The smallest absolute Gasteiger partial charge is 0.0898 e. The van der Waals surface area contributed by atoms with Crippen LogP contribution in [0, 0.1) is 6.92 Å². The minimum Gasteiger partial charge on any atom is -0.330 e. The van der Waals surface area contributed by atoms with Gasteiger partial charge in [-0.15, -0.1) is 11.3 Å². The lowest BCUT2D eigenvalue weighted by molar-refractivity contribution is 0.0966. The number of likely N-dealkylation sites (tertiary alicyclic amines) is 1. The molecule has 0 aliphatic carbocycles. The van der Waals surface area contributed by atoms with Crippen molar-refractivity contribution in [2.24, 2.45) is 5.73 Å². The zero-order valence-electron chi connectivity index (χ0n) is 10.9. The van der Waals surface area contributed by atoms with E-state index in [9.17, 15) is 0 Å². The van der Waals surface area contributed by atoms with Gasteiger partial charge in [-0.05, 0) is 46.2 Å². The second kappa shape index (κ2) is 5.94. The van der Waals surface area contributed by atoms with Gasteiger partial charge in [-0.2, -0.15) is 0 Å². The Kier molecular flexibility index (Phi) is 4.54. The topological polar surface area (TPSA) is 42.2 Å². The van der Waals surface area contributed by atoms with E-state index in [4.69, 9.17) is 5.73 Å². The van der Waals surface area contributed by atoms with Crippen molar-refractivity contribution < 1.29 is 0 Å². The molecule has 2 N–H and O–H groups in total. The molecule has 2 rings (SSSR count). The van der Waals surface area contributed by atoms with Gasteiger partial charge in [0.1, 0.15) is 0 Å². The van der Waals surface area contributed by atoms with E-state index in [0.717, 1.165) is 13.0 Å². The fourth-order valence-corrected chi connectivity index (χ4v) is 3.48. The highest BCUT2D eigenvalue weighted by molar-refractivity contribution is 7.09. The van der Waals surface area contributed by atoms with Crippen LogP contribution in [0.3, 0.4) is 0 Å². The molecule has 1 saturated heterocycles. The van der Waals surface area contributed by atoms with E-state index in [0.29, 0.717) is 12.1 Å². The minimum absolute atomic E-state index is 0.441. The van der Waals surface area contributed by atoms with E-state index in [1.54, 1.807) is 11.3 Å². The van der Waals surface area contributed by atoms with Crippen LogP contribution in [0.4, 0.5) is 0 Å². The van der Waals surface area contributed by atoms with Gasteiger partial charge >= 0.3 is 0 Å². The average Bonchev–Trinajstić information content (AvgIpc) is 2.76.